The Bertz CT molecular complexity index is 3030. The number of ether oxygens (including phenoxy) is 1. The van der Waals surface area contributed by atoms with Crippen LogP contribution < -0.4 is 10.1 Å². The molecule has 0 spiro atoms. The molecule has 1 aliphatic rings. The van der Waals surface area contributed by atoms with Crippen molar-refractivity contribution >= 4 is 70.3 Å². The fourth-order valence-electron chi connectivity index (χ4n) is 8.38. The largest absolute Gasteiger partial charge is 0.464 e. The normalized spacial score (nSPS) is 14.0. The molecule has 51 heavy (non-hydrogen) atoms. The third-order valence-electron chi connectivity index (χ3n) is 10.8. The van der Waals surface area contributed by atoms with E-state index < -0.39 is 0 Å². The van der Waals surface area contributed by atoms with Gasteiger partial charge >= 0.3 is 0 Å². The minimum Gasteiger partial charge on any atom is -0.464 e. The van der Waals surface area contributed by atoms with Crippen LogP contribution in [0.3, 0.4) is 0 Å². The maximum Gasteiger partial charge on any atom is 0.196 e. The average molecular weight is 650 g/mol. The summed E-state index contributed by atoms with van der Waals surface area (Å²) in [6.07, 6.45) is -0.220. The quantitative estimate of drug-likeness (QED) is 0.192. The lowest BCUT2D eigenvalue weighted by molar-refractivity contribution is 0.263. The molecule has 0 bridgehead atoms. The van der Waals surface area contributed by atoms with Crippen molar-refractivity contribution in [1.82, 2.24) is 0 Å². The molecule has 2 nitrogen and oxygen atoms in total. The van der Waals surface area contributed by atoms with E-state index in [2.05, 4.69) is 175 Å². The van der Waals surface area contributed by atoms with Crippen LogP contribution in [0.15, 0.2) is 176 Å². The molecular formula is C49H31NO. The van der Waals surface area contributed by atoms with Crippen molar-refractivity contribution in [3.8, 4) is 28.0 Å². The van der Waals surface area contributed by atoms with E-state index in [1.165, 1.54) is 81.5 Å². The predicted molar refractivity (Wildman–Crippen MR) is 216 cm³/mol. The van der Waals surface area contributed by atoms with E-state index in [0.717, 1.165) is 22.4 Å². The van der Waals surface area contributed by atoms with Crippen molar-refractivity contribution in [3.63, 3.8) is 0 Å². The van der Waals surface area contributed by atoms with E-state index in [1.54, 1.807) is 0 Å². The first kappa shape index (κ1) is 28.2. The van der Waals surface area contributed by atoms with Crippen LogP contribution in [0.1, 0.15) is 11.8 Å². The van der Waals surface area contributed by atoms with Crippen LogP contribution in [-0.4, -0.2) is 0 Å². The van der Waals surface area contributed by atoms with E-state index in [4.69, 9.17) is 4.74 Å². The molecule has 10 aromatic rings. The fourth-order valence-corrected chi connectivity index (χ4v) is 8.38. The number of benzene rings is 10. The zero-order valence-corrected chi connectivity index (χ0v) is 27.7. The van der Waals surface area contributed by atoms with Crippen molar-refractivity contribution in [1.29, 1.82) is 0 Å². The van der Waals surface area contributed by atoms with Gasteiger partial charge in [0, 0.05) is 10.9 Å². The molecular weight excluding hydrogens is 619 g/mol. The highest BCUT2D eigenvalue weighted by atomic mass is 16.5. The zero-order chi connectivity index (χ0) is 33.5. The van der Waals surface area contributed by atoms with Crippen LogP contribution >= 0.6 is 0 Å². The second-order valence-corrected chi connectivity index (χ2v) is 13.7. The molecule has 1 heterocycles. The minimum absolute atomic E-state index is 0.220. The molecule has 0 saturated carbocycles. The topological polar surface area (TPSA) is 21.3 Å². The third-order valence-corrected chi connectivity index (χ3v) is 10.8. The maximum atomic E-state index is 6.69. The van der Waals surface area contributed by atoms with Crippen molar-refractivity contribution in [2.75, 3.05) is 5.32 Å². The Morgan fingerprint density at radius 2 is 1.00 bits per heavy atom. The van der Waals surface area contributed by atoms with E-state index in [0.29, 0.717) is 0 Å². The molecule has 1 atom stereocenters. The summed E-state index contributed by atoms with van der Waals surface area (Å²) < 4.78 is 6.69. The number of fused-ring (bicyclic) bond motifs is 11. The molecule has 2 heteroatoms. The van der Waals surface area contributed by atoms with Crippen LogP contribution in [-0.2, 0) is 0 Å². The van der Waals surface area contributed by atoms with Crippen molar-refractivity contribution in [2.24, 2.45) is 0 Å². The van der Waals surface area contributed by atoms with Gasteiger partial charge < -0.3 is 10.1 Å². The highest BCUT2D eigenvalue weighted by molar-refractivity contribution is 6.22. The van der Waals surface area contributed by atoms with Crippen molar-refractivity contribution in [3.05, 3.63) is 181 Å². The summed E-state index contributed by atoms with van der Waals surface area (Å²) in [4.78, 5) is 0. The summed E-state index contributed by atoms with van der Waals surface area (Å²) in [6.45, 7) is 0. The van der Waals surface area contributed by atoms with Gasteiger partial charge in [-0.25, -0.2) is 0 Å². The summed E-state index contributed by atoms with van der Waals surface area (Å²) in [5.41, 5.74) is 7.01. The Labute approximate surface area is 295 Å². The van der Waals surface area contributed by atoms with Gasteiger partial charge in [-0.15, -0.1) is 0 Å². The van der Waals surface area contributed by atoms with Gasteiger partial charge in [-0.1, -0.05) is 146 Å². The molecule has 1 aliphatic heterocycles. The Kier molecular flexibility index (Phi) is 6.05. The molecule has 11 rings (SSSR count). The highest BCUT2D eigenvalue weighted by Gasteiger charge is 2.26. The first-order valence-corrected chi connectivity index (χ1v) is 17.6. The summed E-state index contributed by atoms with van der Waals surface area (Å²) in [5.74, 6) is 0.915. The highest BCUT2D eigenvalue weighted by Crippen LogP contribution is 2.47. The molecule has 0 fully saturated rings. The van der Waals surface area contributed by atoms with E-state index in [1.807, 2.05) is 6.07 Å². The lowest BCUT2D eigenvalue weighted by Gasteiger charge is -2.17. The van der Waals surface area contributed by atoms with Gasteiger partial charge in [0.15, 0.2) is 12.0 Å². The number of anilines is 1. The standard InChI is InChI=1S/C49H31NO/c1-2-11-33(12-3-1)49-50-46-25-23-32-20-18-31-19-21-34(27-42(31)47(32)48(46)51-49)36-26-35-13-5-7-15-38(35)43(28-36)45-29-44-37-14-6-4-10-30(37)22-24-41(44)39-16-8-9-17-40(39)45/h1-29,49-50H. The molecule has 0 saturated heterocycles. The molecule has 1 N–H and O–H groups in total. The van der Waals surface area contributed by atoms with Gasteiger partial charge in [0.25, 0.3) is 0 Å². The average Bonchev–Trinajstić information content (AvgIpc) is 3.65. The molecule has 0 radical (unpaired) electrons. The lowest BCUT2D eigenvalue weighted by Crippen LogP contribution is -2.09. The molecule has 0 aliphatic carbocycles. The molecule has 1 unspecified atom stereocenters. The Morgan fingerprint density at radius 3 is 1.88 bits per heavy atom. The van der Waals surface area contributed by atoms with Crippen LogP contribution in [0, 0.1) is 0 Å². The van der Waals surface area contributed by atoms with Gasteiger partial charge in [-0.05, 0) is 112 Å². The monoisotopic (exact) mass is 649 g/mol. The smallest absolute Gasteiger partial charge is 0.196 e. The second-order valence-electron chi connectivity index (χ2n) is 13.7. The first-order chi connectivity index (χ1) is 25.3. The first-order valence-electron chi connectivity index (χ1n) is 17.6. The van der Waals surface area contributed by atoms with Crippen molar-refractivity contribution < 1.29 is 4.74 Å². The number of hydrogen-bond donors (Lipinski definition) is 1. The fraction of sp³-hybridized carbons (Fsp3) is 0.0204. The second kappa shape index (κ2) is 10.9. The SMILES string of the molecule is c1ccc(C2Nc3ccc4ccc5ccc(-c6cc(-c7cc8c9ccccc9ccc8c8ccccc78)c7ccccc7c6)cc5c4c3O2)cc1. The molecule has 0 aromatic heterocycles. The van der Waals surface area contributed by atoms with E-state index in [9.17, 15) is 0 Å². The Hall–Kier alpha value is -6.64. The lowest BCUT2D eigenvalue weighted by atomic mass is 9.87. The molecule has 0 amide bonds. The molecule has 238 valence electrons. The third kappa shape index (κ3) is 4.36. The number of rotatable bonds is 3. The maximum absolute atomic E-state index is 6.69. The van der Waals surface area contributed by atoms with Gasteiger partial charge in [0.05, 0.1) is 5.69 Å². The summed E-state index contributed by atoms with van der Waals surface area (Å²) >= 11 is 0. The van der Waals surface area contributed by atoms with Crippen molar-refractivity contribution in [2.45, 2.75) is 6.23 Å². The van der Waals surface area contributed by atoms with Gasteiger partial charge in [-0.3, -0.25) is 0 Å². The Morgan fingerprint density at radius 1 is 0.373 bits per heavy atom. The summed E-state index contributed by atoms with van der Waals surface area (Å²) in [5, 5.41) is 18.4. The number of hydrogen-bond acceptors (Lipinski definition) is 2. The van der Waals surface area contributed by atoms with E-state index in [-0.39, 0.29) is 6.23 Å². The minimum atomic E-state index is -0.220. The summed E-state index contributed by atoms with van der Waals surface area (Å²) in [6, 6.07) is 64.2. The molecule has 10 aromatic carbocycles. The van der Waals surface area contributed by atoms with Crippen LogP contribution in [0.2, 0.25) is 0 Å². The Balaban J connectivity index is 1.15. The van der Waals surface area contributed by atoms with Crippen LogP contribution in [0.25, 0.3) is 86.9 Å². The van der Waals surface area contributed by atoms with Gasteiger partial charge in [0.1, 0.15) is 0 Å². The predicted octanol–water partition coefficient (Wildman–Crippen LogP) is 13.4. The number of nitrogens with one attached hydrogen (secondary N) is 1. The van der Waals surface area contributed by atoms with E-state index >= 15 is 0 Å². The van der Waals surface area contributed by atoms with Crippen LogP contribution in [0.5, 0.6) is 5.75 Å². The van der Waals surface area contributed by atoms with Gasteiger partial charge in [0.2, 0.25) is 0 Å². The van der Waals surface area contributed by atoms with Crippen LogP contribution in [0.4, 0.5) is 5.69 Å². The zero-order valence-electron chi connectivity index (χ0n) is 27.7. The van der Waals surface area contributed by atoms with Gasteiger partial charge in [-0.2, -0.15) is 0 Å². The summed E-state index contributed by atoms with van der Waals surface area (Å²) in [7, 11) is 0.